The SMILES string of the molecule is Cc1ccc(S(=O)(=O)CC(=O)[C@@H]2[C@@H](c3ccccc3)[C@@H]3C=C[C@H]2C3)cc1. The van der Waals surface area contributed by atoms with Crippen molar-refractivity contribution in [2.75, 3.05) is 5.75 Å². The van der Waals surface area contributed by atoms with Crippen LogP contribution in [0.5, 0.6) is 0 Å². The Kier molecular flexibility index (Phi) is 4.31. The van der Waals surface area contributed by atoms with Crippen molar-refractivity contribution in [2.24, 2.45) is 17.8 Å². The second-order valence-corrected chi connectivity index (χ2v) is 9.44. The van der Waals surface area contributed by atoms with E-state index in [2.05, 4.69) is 12.2 Å². The molecule has 134 valence electrons. The monoisotopic (exact) mass is 366 g/mol. The van der Waals surface area contributed by atoms with Gasteiger partial charge in [-0.2, -0.15) is 0 Å². The lowest BCUT2D eigenvalue weighted by Crippen LogP contribution is -2.31. The van der Waals surface area contributed by atoms with E-state index in [1.54, 1.807) is 24.3 Å². The molecule has 0 aromatic heterocycles. The lowest BCUT2D eigenvalue weighted by atomic mass is 9.77. The predicted molar refractivity (Wildman–Crippen MR) is 102 cm³/mol. The van der Waals surface area contributed by atoms with Gasteiger partial charge in [-0.25, -0.2) is 8.42 Å². The standard InChI is InChI=1S/C22H22O3S/c1-15-7-11-19(12-8-15)26(24,25)14-20(23)22-18-10-9-17(13-18)21(22)16-5-3-2-4-6-16/h2-12,17-18,21-22H,13-14H2,1H3/t17-,18+,21+,22-/m1/s1. The number of benzene rings is 2. The van der Waals surface area contributed by atoms with Crippen LogP contribution in [0.3, 0.4) is 0 Å². The van der Waals surface area contributed by atoms with Crippen LogP contribution in [-0.2, 0) is 14.6 Å². The first-order chi connectivity index (χ1) is 12.5. The zero-order valence-corrected chi connectivity index (χ0v) is 15.5. The lowest BCUT2D eigenvalue weighted by Gasteiger charge is -2.27. The number of aryl methyl sites for hydroxylation is 1. The van der Waals surface area contributed by atoms with E-state index < -0.39 is 15.6 Å². The predicted octanol–water partition coefficient (Wildman–Crippen LogP) is 3.94. The smallest absolute Gasteiger partial charge is 0.185 e. The first-order valence-electron chi connectivity index (χ1n) is 9.01. The Labute approximate surface area is 154 Å². The number of hydrogen-bond donors (Lipinski definition) is 0. The number of fused-ring (bicyclic) bond motifs is 2. The fourth-order valence-electron chi connectivity index (χ4n) is 4.50. The molecular weight excluding hydrogens is 344 g/mol. The van der Waals surface area contributed by atoms with Crippen LogP contribution in [0.15, 0.2) is 71.6 Å². The third-order valence-corrected chi connectivity index (χ3v) is 7.38. The molecule has 1 saturated carbocycles. The number of hydrogen-bond acceptors (Lipinski definition) is 3. The maximum Gasteiger partial charge on any atom is 0.185 e. The second kappa shape index (κ2) is 6.51. The summed E-state index contributed by atoms with van der Waals surface area (Å²) in [6, 6.07) is 16.7. The zero-order valence-electron chi connectivity index (χ0n) is 14.7. The average molecular weight is 366 g/mol. The Morgan fingerprint density at radius 1 is 0.962 bits per heavy atom. The molecule has 0 unspecified atom stereocenters. The normalized spacial score (nSPS) is 27.0. The third kappa shape index (κ3) is 3.03. The van der Waals surface area contributed by atoms with Gasteiger partial charge in [-0.1, -0.05) is 60.2 Å². The molecule has 2 aromatic rings. The van der Waals surface area contributed by atoms with Crippen LogP contribution in [0.1, 0.15) is 23.5 Å². The summed E-state index contributed by atoms with van der Waals surface area (Å²) in [4.78, 5) is 13.3. The van der Waals surface area contributed by atoms with E-state index in [9.17, 15) is 13.2 Å². The number of ketones is 1. The number of carbonyl (C=O) groups is 1. The molecule has 2 aromatic carbocycles. The van der Waals surface area contributed by atoms with Crippen molar-refractivity contribution < 1.29 is 13.2 Å². The van der Waals surface area contributed by atoms with Crippen molar-refractivity contribution in [1.82, 2.24) is 0 Å². The van der Waals surface area contributed by atoms with Gasteiger partial charge in [0.1, 0.15) is 5.75 Å². The van der Waals surface area contributed by atoms with Gasteiger partial charge >= 0.3 is 0 Å². The van der Waals surface area contributed by atoms with E-state index in [4.69, 9.17) is 0 Å². The Morgan fingerprint density at radius 2 is 1.62 bits per heavy atom. The van der Waals surface area contributed by atoms with E-state index in [-0.39, 0.29) is 28.4 Å². The summed E-state index contributed by atoms with van der Waals surface area (Å²) in [5.74, 6) is -0.235. The van der Waals surface area contributed by atoms with Crippen LogP contribution < -0.4 is 0 Å². The van der Waals surface area contributed by atoms with Crippen LogP contribution >= 0.6 is 0 Å². The molecule has 0 aliphatic heterocycles. The third-order valence-electron chi connectivity index (χ3n) is 5.73. The number of carbonyl (C=O) groups excluding carboxylic acids is 1. The highest BCUT2D eigenvalue weighted by atomic mass is 32.2. The molecule has 0 radical (unpaired) electrons. The lowest BCUT2D eigenvalue weighted by molar-refractivity contribution is -0.121. The van der Waals surface area contributed by atoms with Crippen LogP contribution in [0.2, 0.25) is 0 Å². The fourth-order valence-corrected chi connectivity index (χ4v) is 5.79. The van der Waals surface area contributed by atoms with Gasteiger partial charge < -0.3 is 0 Å². The highest BCUT2D eigenvalue weighted by Crippen LogP contribution is 2.53. The molecule has 1 fully saturated rings. The summed E-state index contributed by atoms with van der Waals surface area (Å²) in [6.07, 6.45) is 5.24. The first kappa shape index (κ1) is 17.2. The van der Waals surface area contributed by atoms with E-state index >= 15 is 0 Å². The van der Waals surface area contributed by atoms with Gasteiger partial charge in [0.25, 0.3) is 0 Å². The Balaban J connectivity index is 1.61. The minimum absolute atomic E-state index is 0.0897. The Hall–Kier alpha value is -2.20. The Bertz CT molecular complexity index is 943. The second-order valence-electron chi connectivity index (χ2n) is 7.45. The van der Waals surface area contributed by atoms with Gasteiger partial charge in [-0.15, -0.1) is 0 Å². The highest BCUT2D eigenvalue weighted by molar-refractivity contribution is 7.92. The Morgan fingerprint density at radius 3 is 2.31 bits per heavy atom. The minimum atomic E-state index is -3.61. The van der Waals surface area contributed by atoms with Gasteiger partial charge in [0.15, 0.2) is 15.6 Å². The van der Waals surface area contributed by atoms with Crippen LogP contribution in [0.25, 0.3) is 0 Å². The van der Waals surface area contributed by atoms with Crippen LogP contribution in [0, 0.1) is 24.7 Å². The quantitative estimate of drug-likeness (QED) is 0.753. The molecular formula is C22H22O3S. The fraction of sp³-hybridized carbons (Fsp3) is 0.318. The molecule has 0 spiro atoms. The number of Topliss-reactive ketones (excluding diaryl/α,β-unsaturated/α-hetero) is 1. The molecule has 0 N–H and O–H groups in total. The molecule has 4 atom stereocenters. The number of sulfone groups is 1. The van der Waals surface area contributed by atoms with Crippen molar-refractivity contribution in [3.63, 3.8) is 0 Å². The van der Waals surface area contributed by atoms with Gasteiger partial charge in [-0.05, 0) is 42.9 Å². The van der Waals surface area contributed by atoms with Gasteiger partial charge in [-0.3, -0.25) is 4.79 Å². The summed E-state index contributed by atoms with van der Waals surface area (Å²) < 4.78 is 25.4. The van der Waals surface area contributed by atoms with Gasteiger partial charge in [0, 0.05) is 11.8 Å². The van der Waals surface area contributed by atoms with Crippen molar-refractivity contribution in [2.45, 2.75) is 24.2 Å². The van der Waals surface area contributed by atoms with Crippen molar-refractivity contribution >= 4 is 15.6 Å². The van der Waals surface area contributed by atoms with E-state index in [1.165, 1.54) is 0 Å². The van der Waals surface area contributed by atoms with Crippen LogP contribution in [-0.4, -0.2) is 20.0 Å². The average Bonchev–Trinajstić information content (AvgIpc) is 3.24. The van der Waals surface area contributed by atoms with E-state index in [0.717, 1.165) is 17.5 Å². The molecule has 2 bridgehead atoms. The molecule has 4 heteroatoms. The molecule has 0 amide bonds. The zero-order chi connectivity index (χ0) is 18.3. The summed E-state index contributed by atoms with van der Waals surface area (Å²) in [5, 5.41) is 0. The molecule has 3 nitrogen and oxygen atoms in total. The molecule has 0 saturated heterocycles. The summed E-state index contributed by atoms with van der Waals surface area (Å²) in [6.45, 7) is 1.91. The summed E-state index contributed by atoms with van der Waals surface area (Å²) in [7, 11) is -3.61. The number of rotatable bonds is 5. The van der Waals surface area contributed by atoms with Crippen molar-refractivity contribution in [1.29, 1.82) is 0 Å². The van der Waals surface area contributed by atoms with E-state index in [0.29, 0.717) is 5.92 Å². The minimum Gasteiger partial charge on any atom is -0.298 e. The maximum atomic E-state index is 13.1. The topological polar surface area (TPSA) is 51.2 Å². The van der Waals surface area contributed by atoms with Crippen LogP contribution in [0.4, 0.5) is 0 Å². The summed E-state index contributed by atoms with van der Waals surface area (Å²) in [5.41, 5.74) is 2.13. The molecule has 4 rings (SSSR count). The molecule has 2 aliphatic carbocycles. The van der Waals surface area contributed by atoms with Gasteiger partial charge in [0.05, 0.1) is 4.90 Å². The van der Waals surface area contributed by atoms with Crippen molar-refractivity contribution in [3.05, 3.63) is 77.9 Å². The largest absolute Gasteiger partial charge is 0.298 e. The number of allylic oxidation sites excluding steroid dienone is 2. The van der Waals surface area contributed by atoms with E-state index in [1.807, 2.05) is 37.3 Å². The highest BCUT2D eigenvalue weighted by Gasteiger charge is 2.48. The molecule has 0 heterocycles. The van der Waals surface area contributed by atoms with Crippen molar-refractivity contribution in [3.8, 4) is 0 Å². The first-order valence-corrected chi connectivity index (χ1v) is 10.7. The molecule has 2 aliphatic rings. The summed E-state index contributed by atoms with van der Waals surface area (Å²) >= 11 is 0. The molecule has 26 heavy (non-hydrogen) atoms. The maximum absolute atomic E-state index is 13.1. The van der Waals surface area contributed by atoms with Gasteiger partial charge in [0.2, 0.25) is 0 Å².